The van der Waals surface area contributed by atoms with Crippen molar-refractivity contribution in [3.05, 3.63) is 53.2 Å². The van der Waals surface area contributed by atoms with Crippen molar-refractivity contribution >= 4 is 55.2 Å². The van der Waals surface area contributed by atoms with Crippen molar-refractivity contribution < 1.29 is 13.9 Å². The number of fused-ring (bicyclic) bond motifs is 2. The molecule has 0 aliphatic rings. The number of carbonyl (C=O) groups excluding carboxylic acids is 1. The molecule has 5 nitrogen and oxygen atoms in total. The molecule has 120 valence electrons. The van der Waals surface area contributed by atoms with E-state index in [1.54, 1.807) is 25.3 Å². The fraction of sp³-hybridized carbons (Fsp3) is 0.0588. The van der Waals surface area contributed by atoms with E-state index in [2.05, 4.69) is 10.3 Å². The molecule has 1 N–H and O–H groups in total. The first-order valence-corrected chi connectivity index (χ1v) is 8.28. The van der Waals surface area contributed by atoms with E-state index in [9.17, 15) is 4.79 Å². The number of furan rings is 1. The van der Waals surface area contributed by atoms with Gasteiger partial charge in [-0.1, -0.05) is 41.1 Å². The van der Waals surface area contributed by atoms with Crippen LogP contribution in [0.4, 0.5) is 5.13 Å². The van der Waals surface area contributed by atoms with Gasteiger partial charge in [0, 0.05) is 5.39 Å². The largest absolute Gasteiger partial charge is 0.493 e. The lowest BCUT2D eigenvalue weighted by atomic mass is 10.2. The van der Waals surface area contributed by atoms with E-state index >= 15 is 0 Å². The van der Waals surface area contributed by atoms with Gasteiger partial charge in [-0.25, -0.2) is 4.98 Å². The number of aromatic nitrogens is 1. The van der Waals surface area contributed by atoms with Gasteiger partial charge in [0.05, 0.1) is 16.8 Å². The molecule has 2 aromatic carbocycles. The molecular formula is C17H11ClN2O3S. The zero-order valence-corrected chi connectivity index (χ0v) is 14.1. The average Bonchev–Trinajstić information content (AvgIpc) is 3.18. The number of benzene rings is 2. The molecule has 0 aliphatic carbocycles. The summed E-state index contributed by atoms with van der Waals surface area (Å²) in [4.78, 5) is 16.8. The topological polar surface area (TPSA) is 64.4 Å². The summed E-state index contributed by atoms with van der Waals surface area (Å²) in [7, 11) is 1.56. The highest BCUT2D eigenvalue weighted by Gasteiger charge is 2.17. The van der Waals surface area contributed by atoms with Crippen LogP contribution in [-0.4, -0.2) is 18.0 Å². The summed E-state index contributed by atoms with van der Waals surface area (Å²) in [6, 6.07) is 12.7. The highest BCUT2D eigenvalue weighted by atomic mass is 35.5. The normalized spacial score (nSPS) is 11.1. The van der Waals surface area contributed by atoms with Crippen LogP contribution in [0.25, 0.3) is 21.2 Å². The van der Waals surface area contributed by atoms with Gasteiger partial charge < -0.3 is 9.15 Å². The van der Waals surface area contributed by atoms with E-state index in [1.807, 2.05) is 24.3 Å². The van der Waals surface area contributed by atoms with Crippen LogP contribution >= 0.6 is 22.9 Å². The first kappa shape index (κ1) is 15.0. The maximum atomic E-state index is 12.4. The van der Waals surface area contributed by atoms with Gasteiger partial charge in [-0.2, -0.15) is 0 Å². The summed E-state index contributed by atoms with van der Waals surface area (Å²) in [5.41, 5.74) is 1.21. The molecule has 0 saturated carbocycles. The summed E-state index contributed by atoms with van der Waals surface area (Å²) in [5.74, 6) is 0.404. The van der Waals surface area contributed by atoms with Crippen molar-refractivity contribution in [3.63, 3.8) is 0 Å². The van der Waals surface area contributed by atoms with Gasteiger partial charge in [0.2, 0.25) is 0 Å². The van der Waals surface area contributed by atoms with Gasteiger partial charge in [-0.15, -0.1) is 0 Å². The lowest BCUT2D eigenvalue weighted by molar-refractivity contribution is 0.0998. The Morgan fingerprint density at radius 2 is 2.12 bits per heavy atom. The third kappa shape index (κ3) is 2.50. The van der Waals surface area contributed by atoms with Crippen molar-refractivity contribution in [2.45, 2.75) is 0 Å². The van der Waals surface area contributed by atoms with Crippen molar-refractivity contribution in [2.24, 2.45) is 0 Å². The number of carbonyl (C=O) groups is 1. The SMILES string of the molecule is COc1cccc2cc(C(=O)Nc3nc4c(Cl)cccc4s3)oc12. The molecule has 0 unspecified atom stereocenters. The quantitative estimate of drug-likeness (QED) is 0.562. The molecule has 2 aromatic heterocycles. The van der Waals surface area contributed by atoms with Crippen LogP contribution in [0.2, 0.25) is 5.02 Å². The minimum atomic E-state index is -0.372. The van der Waals surface area contributed by atoms with Crippen LogP contribution in [0.5, 0.6) is 5.75 Å². The Hall–Kier alpha value is -2.57. The van der Waals surface area contributed by atoms with E-state index in [4.69, 9.17) is 20.8 Å². The molecule has 1 amide bonds. The summed E-state index contributed by atoms with van der Waals surface area (Å²) in [5, 5.41) is 4.57. The van der Waals surface area contributed by atoms with Gasteiger partial charge in [-0.05, 0) is 24.3 Å². The number of nitrogens with zero attached hydrogens (tertiary/aromatic N) is 1. The van der Waals surface area contributed by atoms with Gasteiger partial charge in [0.1, 0.15) is 5.52 Å². The zero-order valence-electron chi connectivity index (χ0n) is 12.5. The lowest BCUT2D eigenvalue weighted by Gasteiger charge is -1.99. The summed E-state index contributed by atoms with van der Waals surface area (Å²) in [6.45, 7) is 0. The molecule has 24 heavy (non-hydrogen) atoms. The van der Waals surface area contributed by atoms with Crippen molar-refractivity contribution in [2.75, 3.05) is 12.4 Å². The van der Waals surface area contributed by atoms with Crippen LogP contribution in [0.1, 0.15) is 10.6 Å². The lowest BCUT2D eigenvalue weighted by Crippen LogP contribution is -2.10. The van der Waals surface area contributed by atoms with E-state index in [0.29, 0.717) is 27.0 Å². The number of para-hydroxylation sites is 2. The maximum Gasteiger partial charge on any atom is 0.293 e. The second kappa shape index (κ2) is 5.81. The van der Waals surface area contributed by atoms with Crippen molar-refractivity contribution in [1.82, 2.24) is 4.98 Å². The Morgan fingerprint density at radius 1 is 1.29 bits per heavy atom. The number of amides is 1. The van der Waals surface area contributed by atoms with Crippen LogP contribution in [0.15, 0.2) is 46.9 Å². The van der Waals surface area contributed by atoms with Gasteiger partial charge >= 0.3 is 0 Å². The predicted octanol–water partition coefficient (Wildman–Crippen LogP) is 4.96. The molecule has 0 fully saturated rings. The summed E-state index contributed by atoms with van der Waals surface area (Å²) < 4.78 is 11.8. The summed E-state index contributed by atoms with van der Waals surface area (Å²) >= 11 is 7.46. The van der Waals surface area contributed by atoms with E-state index in [1.165, 1.54) is 11.3 Å². The molecule has 7 heteroatoms. The Labute approximate surface area is 145 Å². The number of hydrogen-bond acceptors (Lipinski definition) is 5. The number of nitrogens with one attached hydrogen (secondary N) is 1. The van der Waals surface area contributed by atoms with Gasteiger partial charge in [0.15, 0.2) is 22.2 Å². The number of halogens is 1. The standard InChI is InChI=1S/C17H11ClN2O3S/c1-22-11-6-2-4-9-8-12(23-15(9)11)16(21)20-17-19-14-10(18)5-3-7-13(14)24-17/h2-8H,1H3,(H,19,20,21). The Kier molecular flexibility index (Phi) is 3.63. The fourth-order valence-corrected chi connectivity index (χ4v) is 3.60. The minimum Gasteiger partial charge on any atom is -0.493 e. The monoisotopic (exact) mass is 358 g/mol. The van der Waals surface area contributed by atoms with Crippen LogP contribution < -0.4 is 10.1 Å². The number of hydrogen-bond donors (Lipinski definition) is 1. The van der Waals surface area contributed by atoms with Gasteiger partial charge in [0.25, 0.3) is 5.91 Å². The molecule has 0 atom stereocenters. The number of anilines is 1. The van der Waals surface area contributed by atoms with E-state index in [-0.39, 0.29) is 11.7 Å². The van der Waals surface area contributed by atoms with E-state index in [0.717, 1.165) is 10.1 Å². The number of rotatable bonds is 3. The van der Waals surface area contributed by atoms with Crippen LogP contribution in [0.3, 0.4) is 0 Å². The second-order valence-electron chi connectivity index (χ2n) is 5.05. The zero-order chi connectivity index (χ0) is 16.7. The predicted molar refractivity (Wildman–Crippen MR) is 95.3 cm³/mol. The minimum absolute atomic E-state index is 0.194. The molecule has 0 saturated heterocycles. The fourth-order valence-electron chi connectivity index (χ4n) is 2.44. The maximum absolute atomic E-state index is 12.4. The van der Waals surface area contributed by atoms with Crippen LogP contribution in [0, 0.1) is 0 Å². The Morgan fingerprint density at radius 3 is 2.92 bits per heavy atom. The molecule has 0 aliphatic heterocycles. The molecule has 0 spiro atoms. The van der Waals surface area contributed by atoms with Gasteiger partial charge in [-0.3, -0.25) is 10.1 Å². The molecule has 2 heterocycles. The average molecular weight is 359 g/mol. The Balaban J connectivity index is 1.67. The first-order valence-electron chi connectivity index (χ1n) is 7.08. The third-order valence-electron chi connectivity index (χ3n) is 3.54. The van der Waals surface area contributed by atoms with Crippen molar-refractivity contribution in [3.8, 4) is 5.75 Å². The molecule has 0 bridgehead atoms. The first-order chi connectivity index (χ1) is 11.7. The number of methoxy groups -OCH3 is 1. The molecular weight excluding hydrogens is 348 g/mol. The van der Waals surface area contributed by atoms with E-state index < -0.39 is 0 Å². The third-order valence-corrected chi connectivity index (χ3v) is 4.78. The smallest absolute Gasteiger partial charge is 0.293 e. The van der Waals surface area contributed by atoms with Crippen LogP contribution in [-0.2, 0) is 0 Å². The number of thiazole rings is 1. The van der Waals surface area contributed by atoms with Crippen molar-refractivity contribution in [1.29, 1.82) is 0 Å². The highest BCUT2D eigenvalue weighted by molar-refractivity contribution is 7.22. The second-order valence-corrected chi connectivity index (χ2v) is 6.49. The molecule has 4 rings (SSSR count). The highest BCUT2D eigenvalue weighted by Crippen LogP contribution is 2.32. The molecule has 0 radical (unpaired) electrons. The molecule has 4 aromatic rings. The Bertz CT molecular complexity index is 1070. The number of ether oxygens (including phenoxy) is 1. The summed E-state index contributed by atoms with van der Waals surface area (Å²) in [6.07, 6.45) is 0.